The quantitative estimate of drug-likeness (QED) is 0.402. The summed E-state index contributed by atoms with van der Waals surface area (Å²) >= 11 is 5.90. The van der Waals surface area contributed by atoms with Gasteiger partial charge in [0.2, 0.25) is 5.69 Å². The van der Waals surface area contributed by atoms with Crippen LogP contribution in [0.2, 0.25) is 5.02 Å². The molecule has 1 saturated carbocycles. The Morgan fingerprint density at radius 3 is 2.82 bits per heavy atom. The molecule has 2 atom stereocenters. The van der Waals surface area contributed by atoms with E-state index in [1.54, 1.807) is 7.05 Å². The zero-order chi connectivity index (χ0) is 23.6. The number of imidazole rings is 1. The van der Waals surface area contributed by atoms with Crippen molar-refractivity contribution < 1.29 is 18.1 Å². The summed E-state index contributed by atoms with van der Waals surface area (Å²) in [6.45, 7) is 0.211. The summed E-state index contributed by atoms with van der Waals surface area (Å²) < 4.78 is 32.7. The molecule has 3 aromatic heterocycles. The number of hydrogen-bond acceptors (Lipinski definition) is 4. The fourth-order valence-corrected chi connectivity index (χ4v) is 4.97. The third-order valence-electron chi connectivity index (χ3n) is 6.78. The predicted octanol–water partition coefficient (Wildman–Crippen LogP) is 4.46. The van der Waals surface area contributed by atoms with E-state index in [0.717, 1.165) is 11.3 Å². The van der Waals surface area contributed by atoms with Crippen molar-refractivity contribution in [3.63, 3.8) is 0 Å². The first-order valence-corrected chi connectivity index (χ1v) is 11.6. The van der Waals surface area contributed by atoms with Gasteiger partial charge in [0.1, 0.15) is 18.7 Å². The second kappa shape index (κ2) is 7.68. The first-order chi connectivity index (χ1) is 16.3. The van der Waals surface area contributed by atoms with Crippen LogP contribution in [0, 0.1) is 5.82 Å². The number of aromatic nitrogens is 5. The molecule has 0 radical (unpaired) electrons. The van der Waals surface area contributed by atoms with Crippen LogP contribution >= 0.6 is 11.6 Å². The molecular weight excluding hydrogens is 462 g/mol. The Morgan fingerprint density at radius 1 is 1.21 bits per heavy atom. The van der Waals surface area contributed by atoms with Crippen molar-refractivity contribution >= 4 is 23.2 Å². The number of benzene rings is 1. The van der Waals surface area contributed by atoms with Crippen LogP contribution in [0.4, 0.5) is 8.78 Å². The number of alkyl halides is 1. The molecule has 4 aromatic rings. The van der Waals surface area contributed by atoms with Gasteiger partial charge in [-0.2, -0.15) is 0 Å². The van der Waals surface area contributed by atoms with Gasteiger partial charge >= 0.3 is 5.91 Å². The fourth-order valence-electron chi connectivity index (χ4n) is 4.79. The van der Waals surface area contributed by atoms with Crippen molar-refractivity contribution in [2.45, 2.75) is 38.0 Å². The number of pyridine rings is 1. The van der Waals surface area contributed by atoms with E-state index in [1.165, 1.54) is 41.4 Å². The number of nitrogens with zero attached hydrogens (tertiary/aromatic N) is 6. The Balaban J connectivity index is 1.23. The third-order valence-corrected chi connectivity index (χ3v) is 7.08. The lowest BCUT2D eigenvalue weighted by Crippen LogP contribution is -2.53. The Bertz CT molecular complexity index is 1440. The van der Waals surface area contributed by atoms with Crippen LogP contribution in [0.3, 0.4) is 0 Å². The van der Waals surface area contributed by atoms with E-state index in [9.17, 15) is 13.6 Å². The molecule has 0 bridgehead atoms. The number of rotatable bonds is 4. The number of amides is 1. The molecule has 0 saturated heterocycles. The van der Waals surface area contributed by atoms with Gasteiger partial charge in [-0.1, -0.05) is 28.9 Å². The van der Waals surface area contributed by atoms with Gasteiger partial charge in [-0.05, 0) is 36.5 Å². The van der Waals surface area contributed by atoms with E-state index in [-0.39, 0.29) is 39.4 Å². The van der Waals surface area contributed by atoms with Crippen molar-refractivity contribution in [1.82, 2.24) is 24.4 Å². The molecule has 10 heteroatoms. The standard InChI is InChI=1S/C24H22ClF2N6O/c1-33(12-18-17(20(26)13-33)5-6-19(25)23(18)27)24(34)21-11-32(30-29-21)10-16-9-31-8-15(14-2-3-14)4-7-22(31)28-16/h4-9,11,14,20H,2-3,10,12-13H2,1H3/q+1. The number of quaternary nitrogens is 1. The van der Waals surface area contributed by atoms with E-state index in [4.69, 9.17) is 11.6 Å². The predicted molar refractivity (Wildman–Crippen MR) is 121 cm³/mol. The van der Waals surface area contributed by atoms with Gasteiger partial charge in [-0.25, -0.2) is 23.2 Å². The Morgan fingerprint density at radius 2 is 2.03 bits per heavy atom. The molecule has 6 rings (SSSR count). The molecule has 34 heavy (non-hydrogen) atoms. The van der Waals surface area contributed by atoms with Crippen LogP contribution < -0.4 is 0 Å². The zero-order valence-electron chi connectivity index (χ0n) is 18.5. The van der Waals surface area contributed by atoms with Crippen molar-refractivity contribution in [2.24, 2.45) is 0 Å². The average molecular weight is 484 g/mol. The molecule has 1 aromatic carbocycles. The summed E-state index contributed by atoms with van der Waals surface area (Å²) in [4.78, 5) is 17.9. The molecule has 2 unspecified atom stereocenters. The molecular formula is C24H22ClF2N6O+. The van der Waals surface area contributed by atoms with Crippen molar-refractivity contribution in [1.29, 1.82) is 0 Å². The monoisotopic (exact) mass is 483 g/mol. The fraction of sp³-hybridized carbons (Fsp3) is 0.333. The maximum atomic E-state index is 14.9. The summed E-state index contributed by atoms with van der Waals surface area (Å²) in [7, 11) is 1.58. The van der Waals surface area contributed by atoms with Gasteiger partial charge in [0.05, 0.1) is 36.1 Å². The van der Waals surface area contributed by atoms with Crippen LogP contribution in [-0.2, 0) is 13.1 Å². The van der Waals surface area contributed by atoms with Gasteiger partial charge in [0.25, 0.3) is 0 Å². The minimum absolute atomic E-state index is 0.0103. The number of hydrogen-bond donors (Lipinski definition) is 0. The van der Waals surface area contributed by atoms with Crippen LogP contribution in [-0.4, -0.2) is 48.4 Å². The molecule has 0 N–H and O–H groups in total. The molecule has 1 fully saturated rings. The zero-order valence-corrected chi connectivity index (χ0v) is 19.2. The number of likely N-dealkylation sites (N-methyl/N-ethyl adjacent to an activating group) is 1. The summed E-state index contributed by atoms with van der Waals surface area (Å²) in [5.74, 6) is -0.458. The molecule has 2 aliphatic rings. The highest BCUT2D eigenvalue weighted by molar-refractivity contribution is 6.30. The van der Waals surface area contributed by atoms with Crippen LogP contribution in [0.25, 0.3) is 5.65 Å². The third kappa shape index (κ3) is 3.59. The van der Waals surface area contributed by atoms with Crippen molar-refractivity contribution in [3.8, 4) is 0 Å². The SMILES string of the molecule is C[N+]1(C(=O)c2cn(Cc3cn4cc(C5CC5)ccc4n3)nn2)Cc2c(ccc(Cl)c2F)C(F)C1. The molecule has 174 valence electrons. The Labute approximate surface area is 199 Å². The second-order valence-electron chi connectivity index (χ2n) is 9.47. The molecule has 1 aliphatic heterocycles. The number of fused-ring (bicyclic) bond motifs is 2. The van der Waals surface area contributed by atoms with Gasteiger partial charge in [0, 0.05) is 18.0 Å². The summed E-state index contributed by atoms with van der Waals surface area (Å²) in [5.41, 5.74) is 3.41. The average Bonchev–Trinajstić information content (AvgIpc) is 3.43. The van der Waals surface area contributed by atoms with Crippen LogP contribution in [0.1, 0.15) is 57.8 Å². The van der Waals surface area contributed by atoms with Crippen LogP contribution in [0.15, 0.2) is 42.9 Å². The Kier molecular flexibility index (Phi) is 4.82. The highest BCUT2D eigenvalue weighted by atomic mass is 35.5. The lowest BCUT2D eigenvalue weighted by atomic mass is 9.95. The smallest absolute Gasteiger partial charge is 0.306 e. The van der Waals surface area contributed by atoms with E-state index in [0.29, 0.717) is 12.5 Å². The van der Waals surface area contributed by atoms with Crippen molar-refractivity contribution in [3.05, 3.63) is 81.8 Å². The highest BCUT2D eigenvalue weighted by Crippen LogP contribution is 2.40. The van der Waals surface area contributed by atoms with Gasteiger partial charge in [-0.15, -0.1) is 5.10 Å². The van der Waals surface area contributed by atoms with Crippen molar-refractivity contribution in [2.75, 3.05) is 13.6 Å². The minimum atomic E-state index is -1.49. The highest BCUT2D eigenvalue weighted by Gasteiger charge is 2.44. The normalized spacial score (nSPS) is 22.2. The summed E-state index contributed by atoms with van der Waals surface area (Å²) in [5, 5.41) is 8.01. The van der Waals surface area contributed by atoms with Gasteiger partial charge in [0.15, 0.2) is 12.0 Å². The van der Waals surface area contributed by atoms with E-state index < -0.39 is 17.9 Å². The van der Waals surface area contributed by atoms with E-state index >= 15 is 0 Å². The molecule has 0 spiro atoms. The lowest BCUT2D eigenvalue weighted by Gasteiger charge is -2.37. The summed E-state index contributed by atoms with van der Waals surface area (Å²) in [6, 6.07) is 6.95. The lowest BCUT2D eigenvalue weighted by molar-refractivity contribution is -0.848. The molecule has 1 aliphatic carbocycles. The topological polar surface area (TPSA) is 65.1 Å². The first-order valence-electron chi connectivity index (χ1n) is 11.2. The van der Waals surface area contributed by atoms with E-state index in [2.05, 4.69) is 27.6 Å². The summed E-state index contributed by atoms with van der Waals surface area (Å²) in [6.07, 6.45) is 6.56. The van der Waals surface area contributed by atoms with Crippen LogP contribution in [0.5, 0.6) is 0 Å². The van der Waals surface area contributed by atoms with Gasteiger partial charge < -0.3 is 4.40 Å². The maximum Gasteiger partial charge on any atom is 0.368 e. The molecule has 1 amide bonds. The number of carbonyl (C=O) groups is 1. The first kappa shape index (κ1) is 21.4. The second-order valence-corrected chi connectivity index (χ2v) is 9.88. The number of halogens is 3. The van der Waals surface area contributed by atoms with Gasteiger partial charge in [-0.3, -0.25) is 4.48 Å². The molecule has 4 heterocycles. The van der Waals surface area contributed by atoms with E-state index in [1.807, 2.05) is 16.7 Å². The largest absolute Gasteiger partial charge is 0.368 e. The molecule has 7 nitrogen and oxygen atoms in total. The Hall–Kier alpha value is -3.17. The maximum absolute atomic E-state index is 14.9. The number of carbonyl (C=O) groups excluding carboxylic acids is 1. The minimum Gasteiger partial charge on any atom is -0.306 e.